The van der Waals surface area contributed by atoms with Crippen LogP contribution >= 0.6 is 12.4 Å². The predicted octanol–water partition coefficient (Wildman–Crippen LogP) is 3.00. The predicted molar refractivity (Wildman–Crippen MR) is 152 cm³/mol. The van der Waals surface area contributed by atoms with Gasteiger partial charge in [-0.25, -0.2) is 0 Å². The second kappa shape index (κ2) is 11.6. The number of fused-ring (bicyclic) bond motifs is 2. The molecule has 3 heterocycles. The van der Waals surface area contributed by atoms with Gasteiger partial charge in [-0.05, 0) is 53.3 Å². The summed E-state index contributed by atoms with van der Waals surface area (Å²) in [5.41, 5.74) is 5.41. The molecule has 3 aromatic rings. The second-order valence-corrected chi connectivity index (χ2v) is 10.4. The van der Waals surface area contributed by atoms with Gasteiger partial charge in [-0.3, -0.25) is 39.1 Å². The molecule has 41 heavy (non-hydrogen) atoms. The van der Waals surface area contributed by atoms with E-state index in [1.807, 2.05) is 12.1 Å². The minimum atomic E-state index is -1.05. The zero-order chi connectivity index (χ0) is 27.8. The Morgan fingerprint density at radius 3 is 2.32 bits per heavy atom. The summed E-state index contributed by atoms with van der Waals surface area (Å²) >= 11 is 0. The summed E-state index contributed by atoms with van der Waals surface area (Å²) < 4.78 is 0. The Bertz CT molecular complexity index is 1550. The van der Waals surface area contributed by atoms with Crippen LogP contribution in [0.25, 0.3) is 0 Å². The molecule has 2 N–H and O–H groups in total. The molecule has 210 valence electrons. The molecule has 6 rings (SSSR count). The number of benzene rings is 3. The number of imide groups is 2. The highest BCUT2D eigenvalue weighted by Crippen LogP contribution is 2.28. The average Bonchev–Trinajstić information content (AvgIpc) is 3.21. The van der Waals surface area contributed by atoms with Crippen LogP contribution in [0.3, 0.4) is 0 Å². The molecule has 9 nitrogen and oxygen atoms in total. The third kappa shape index (κ3) is 5.64. The number of hydrogen-bond acceptors (Lipinski definition) is 6. The summed E-state index contributed by atoms with van der Waals surface area (Å²) in [4.78, 5) is 65.8. The highest BCUT2D eigenvalue weighted by molar-refractivity contribution is 6.24. The molecule has 0 saturated carbocycles. The largest absolute Gasteiger partial charge is 0.348 e. The first-order chi connectivity index (χ1) is 19.4. The number of hydrogen-bond donors (Lipinski definition) is 2. The molecule has 0 radical (unpaired) electrons. The molecular weight excluding hydrogens is 544 g/mol. The van der Waals surface area contributed by atoms with Gasteiger partial charge in [-0.2, -0.15) is 0 Å². The fourth-order valence-electron chi connectivity index (χ4n) is 5.61. The van der Waals surface area contributed by atoms with E-state index in [1.54, 1.807) is 0 Å². The molecule has 5 amide bonds. The summed E-state index contributed by atoms with van der Waals surface area (Å²) in [5, 5.41) is 5.04. The van der Waals surface area contributed by atoms with Crippen molar-refractivity contribution in [3.63, 3.8) is 0 Å². The molecule has 1 unspecified atom stereocenters. The number of carbonyl (C=O) groups is 5. The Morgan fingerprint density at radius 1 is 0.854 bits per heavy atom. The lowest BCUT2D eigenvalue weighted by Gasteiger charge is -2.28. The first-order valence-electron chi connectivity index (χ1n) is 13.4. The van der Waals surface area contributed by atoms with Gasteiger partial charge < -0.3 is 5.32 Å². The Balaban J connectivity index is 0.00000337. The van der Waals surface area contributed by atoms with Crippen LogP contribution in [0, 0.1) is 0 Å². The molecule has 3 aliphatic rings. The van der Waals surface area contributed by atoms with Gasteiger partial charge in [-0.15, -0.1) is 12.4 Å². The van der Waals surface area contributed by atoms with Gasteiger partial charge >= 0.3 is 0 Å². The van der Waals surface area contributed by atoms with Crippen molar-refractivity contribution in [1.82, 2.24) is 20.4 Å². The summed E-state index contributed by atoms with van der Waals surface area (Å²) in [6, 6.07) is 20.0. The summed E-state index contributed by atoms with van der Waals surface area (Å²) in [5.74, 6) is -2.72. The highest BCUT2D eigenvalue weighted by Gasteiger charge is 2.44. The van der Waals surface area contributed by atoms with Gasteiger partial charge in [0.1, 0.15) is 6.04 Å². The fraction of sp³-hybridized carbons (Fsp3) is 0.258. The van der Waals surface area contributed by atoms with E-state index >= 15 is 0 Å². The van der Waals surface area contributed by atoms with Crippen LogP contribution in [0.5, 0.6) is 0 Å². The van der Waals surface area contributed by atoms with Crippen LogP contribution in [0.2, 0.25) is 0 Å². The SMILES string of the molecule is Cl.O=C1CCC(N2C(=O)c3ccc(C(=O)NCc4ccc(CN5CCc6ccccc6C5)cc4)cc3C2=O)C(=O)N1. The molecule has 0 aromatic heterocycles. The molecule has 3 aromatic carbocycles. The van der Waals surface area contributed by atoms with Crippen LogP contribution in [-0.4, -0.2) is 51.9 Å². The first kappa shape index (κ1) is 28.2. The molecule has 0 spiro atoms. The molecule has 1 fully saturated rings. The fourth-order valence-corrected chi connectivity index (χ4v) is 5.61. The van der Waals surface area contributed by atoms with Gasteiger partial charge in [0.05, 0.1) is 11.1 Å². The van der Waals surface area contributed by atoms with Crippen molar-refractivity contribution in [1.29, 1.82) is 0 Å². The van der Waals surface area contributed by atoms with E-state index in [2.05, 4.69) is 51.9 Å². The number of carbonyl (C=O) groups excluding carboxylic acids is 5. The van der Waals surface area contributed by atoms with Crippen molar-refractivity contribution < 1.29 is 24.0 Å². The van der Waals surface area contributed by atoms with Crippen LogP contribution < -0.4 is 10.6 Å². The Hall–Kier alpha value is -4.34. The lowest BCUT2D eigenvalue weighted by atomic mass is 9.99. The van der Waals surface area contributed by atoms with Crippen molar-refractivity contribution in [2.75, 3.05) is 6.54 Å². The number of halogens is 1. The standard InChI is InChI=1S/C31H28N4O5.ClH/c36-27-12-11-26(29(38)33-27)35-30(39)24-10-9-22(15-25(24)31(35)40)28(37)32-16-19-5-7-20(8-6-19)17-34-14-13-21-3-1-2-4-23(21)18-34;/h1-10,15,26H,11-14,16-18H2,(H,32,37)(H,33,36,38);1H. The van der Waals surface area contributed by atoms with Gasteiger partial charge in [-0.1, -0.05) is 48.5 Å². The summed E-state index contributed by atoms with van der Waals surface area (Å²) in [6.45, 7) is 3.13. The van der Waals surface area contributed by atoms with Gasteiger partial charge in [0.2, 0.25) is 11.8 Å². The van der Waals surface area contributed by atoms with Crippen LogP contribution in [-0.2, 0) is 35.6 Å². The molecule has 1 atom stereocenters. The van der Waals surface area contributed by atoms with Crippen molar-refractivity contribution in [2.24, 2.45) is 0 Å². The van der Waals surface area contributed by atoms with E-state index < -0.39 is 29.7 Å². The average molecular weight is 573 g/mol. The monoisotopic (exact) mass is 572 g/mol. The first-order valence-corrected chi connectivity index (χ1v) is 13.4. The quantitative estimate of drug-likeness (QED) is 0.439. The van der Waals surface area contributed by atoms with E-state index in [0.717, 1.165) is 36.5 Å². The van der Waals surface area contributed by atoms with Crippen molar-refractivity contribution in [3.05, 3.63) is 106 Å². The van der Waals surface area contributed by atoms with Crippen molar-refractivity contribution >= 4 is 41.9 Å². The lowest BCUT2D eigenvalue weighted by molar-refractivity contribution is -0.136. The minimum Gasteiger partial charge on any atom is -0.348 e. The molecule has 3 aliphatic heterocycles. The maximum atomic E-state index is 13.0. The zero-order valence-electron chi connectivity index (χ0n) is 22.2. The van der Waals surface area contributed by atoms with E-state index in [1.165, 1.54) is 34.9 Å². The number of nitrogens with one attached hydrogen (secondary N) is 2. The third-order valence-corrected chi connectivity index (χ3v) is 7.79. The maximum Gasteiger partial charge on any atom is 0.262 e. The van der Waals surface area contributed by atoms with Crippen molar-refractivity contribution in [3.8, 4) is 0 Å². The smallest absolute Gasteiger partial charge is 0.262 e. The second-order valence-electron chi connectivity index (χ2n) is 10.4. The molecule has 0 aliphatic carbocycles. The Labute approximate surface area is 243 Å². The number of rotatable bonds is 6. The van der Waals surface area contributed by atoms with Crippen LogP contribution in [0.15, 0.2) is 66.7 Å². The van der Waals surface area contributed by atoms with Crippen molar-refractivity contribution in [2.45, 2.75) is 44.9 Å². The molecular formula is C31H29ClN4O5. The van der Waals surface area contributed by atoms with Gasteiger partial charge in [0, 0.05) is 38.2 Å². The third-order valence-electron chi connectivity index (χ3n) is 7.79. The Morgan fingerprint density at radius 2 is 1.56 bits per heavy atom. The number of nitrogens with zero attached hydrogens (tertiary/aromatic N) is 2. The maximum absolute atomic E-state index is 13.0. The molecule has 1 saturated heterocycles. The van der Waals surface area contributed by atoms with E-state index in [-0.39, 0.29) is 47.8 Å². The van der Waals surface area contributed by atoms with E-state index in [0.29, 0.717) is 6.54 Å². The highest BCUT2D eigenvalue weighted by atomic mass is 35.5. The number of piperidine rings is 1. The minimum absolute atomic E-state index is 0. The topological polar surface area (TPSA) is 116 Å². The van der Waals surface area contributed by atoms with Crippen LogP contribution in [0.1, 0.15) is 66.2 Å². The van der Waals surface area contributed by atoms with Crippen LogP contribution in [0.4, 0.5) is 0 Å². The summed E-state index contributed by atoms with van der Waals surface area (Å²) in [6.07, 6.45) is 1.18. The van der Waals surface area contributed by atoms with E-state index in [9.17, 15) is 24.0 Å². The summed E-state index contributed by atoms with van der Waals surface area (Å²) in [7, 11) is 0. The number of amides is 5. The Kier molecular flexibility index (Phi) is 8.01. The molecule has 10 heteroatoms. The van der Waals surface area contributed by atoms with E-state index in [4.69, 9.17) is 0 Å². The normalized spacial score (nSPS) is 18.3. The van der Waals surface area contributed by atoms with Gasteiger partial charge in [0.25, 0.3) is 17.7 Å². The molecule has 0 bridgehead atoms. The van der Waals surface area contributed by atoms with Gasteiger partial charge in [0.15, 0.2) is 0 Å². The zero-order valence-corrected chi connectivity index (χ0v) is 23.0. The lowest BCUT2D eigenvalue weighted by Crippen LogP contribution is -2.54.